The number of aryl methyl sites for hydroxylation is 2. The molecule has 94 valence electrons. The van der Waals surface area contributed by atoms with Crippen LogP contribution in [0.15, 0.2) is 48.5 Å². The molecular formula is C17H19Cl. The second-order valence-corrected chi connectivity index (χ2v) is 4.90. The Morgan fingerprint density at radius 2 is 1.17 bits per heavy atom. The maximum Gasteiger partial charge on any atom is 0.0840 e. The first-order valence-corrected chi connectivity index (χ1v) is 7.01. The Bertz CT molecular complexity index is 469. The van der Waals surface area contributed by atoms with Crippen LogP contribution in [0.5, 0.6) is 0 Å². The highest BCUT2D eigenvalue weighted by Gasteiger charge is 2.15. The van der Waals surface area contributed by atoms with Gasteiger partial charge >= 0.3 is 0 Å². The third-order valence-corrected chi connectivity index (χ3v) is 3.89. The van der Waals surface area contributed by atoms with Gasteiger partial charge in [0, 0.05) is 0 Å². The van der Waals surface area contributed by atoms with E-state index in [2.05, 4.69) is 62.4 Å². The second-order valence-electron chi connectivity index (χ2n) is 4.47. The van der Waals surface area contributed by atoms with Crippen LogP contribution in [0.25, 0.3) is 0 Å². The molecule has 2 aromatic rings. The van der Waals surface area contributed by atoms with E-state index in [4.69, 9.17) is 11.6 Å². The van der Waals surface area contributed by atoms with Gasteiger partial charge in [0.1, 0.15) is 0 Å². The third-order valence-electron chi connectivity index (χ3n) is 3.42. The van der Waals surface area contributed by atoms with Crippen LogP contribution in [0.4, 0.5) is 0 Å². The number of hydrogen-bond acceptors (Lipinski definition) is 0. The van der Waals surface area contributed by atoms with E-state index in [0.717, 1.165) is 12.8 Å². The number of alkyl halides is 1. The summed E-state index contributed by atoms with van der Waals surface area (Å²) in [5.41, 5.74) is 5.15. The lowest BCUT2D eigenvalue weighted by molar-refractivity contribution is 1.00. The topological polar surface area (TPSA) is 0 Å². The van der Waals surface area contributed by atoms with E-state index in [-0.39, 0.29) is 5.38 Å². The molecule has 0 aliphatic rings. The molecular weight excluding hydrogens is 240 g/mol. The Morgan fingerprint density at radius 1 is 0.778 bits per heavy atom. The van der Waals surface area contributed by atoms with Gasteiger partial charge in [-0.2, -0.15) is 0 Å². The lowest BCUT2D eigenvalue weighted by Gasteiger charge is -2.17. The fraction of sp³-hybridized carbons (Fsp3) is 0.294. The summed E-state index contributed by atoms with van der Waals surface area (Å²) in [6.45, 7) is 4.35. The van der Waals surface area contributed by atoms with Crippen molar-refractivity contribution in [3.8, 4) is 0 Å². The van der Waals surface area contributed by atoms with E-state index in [1.54, 1.807) is 0 Å². The zero-order valence-electron chi connectivity index (χ0n) is 11.0. The zero-order valence-corrected chi connectivity index (χ0v) is 11.7. The summed E-state index contributed by atoms with van der Waals surface area (Å²) in [5.74, 6) is 0. The van der Waals surface area contributed by atoms with E-state index in [0.29, 0.717) is 0 Å². The van der Waals surface area contributed by atoms with E-state index in [1.165, 1.54) is 22.3 Å². The zero-order chi connectivity index (χ0) is 13.0. The fourth-order valence-electron chi connectivity index (χ4n) is 2.37. The highest BCUT2D eigenvalue weighted by Crippen LogP contribution is 2.33. The number of rotatable bonds is 4. The molecule has 0 aliphatic heterocycles. The monoisotopic (exact) mass is 258 g/mol. The molecule has 2 aromatic carbocycles. The first kappa shape index (κ1) is 13.2. The molecule has 18 heavy (non-hydrogen) atoms. The van der Waals surface area contributed by atoms with Gasteiger partial charge < -0.3 is 0 Å². The largest absolute Gasteiger partial charge is 0.113 e. The molecule has 1 heteroatoms. The average Bonchev–Trinajstić information content (AvgIpc) is 2.46. The van der Waals surface area contributed by atoms with Crippen LogP contribution in [0.2, 0.25) is 0 Å². The molecule has 0 amide bonds. The molecule has 0 radical (unpaired) electrons. The van der Waals surface area contributed by atoms with Crippen molar-refractivity contribution in [3.63, 3.8) is 0 Å². The van der Waals surface area contributed by atoms with Crippen molar-refractivity contribution in [2.45, 2.75) is 32.1 Å². The smallest absolute Gasteiger partial charge is 0.0840 e. The second kappa shape index (κ2) is 6.06. The van der Waals surface area contributed by atoms with Crippen LogP contribution < -0.4 is 0 Å². The van der Waals surface area contributed by atoms with Crippen LogP contribution in [0, 0.1) is 0 Å². The first-order valence-electron chi connectivity index (χ1n) is 6.57. The normalized spacial score (nSPS) is 10.9. The summed E-state index contributed by atoms with van der Waals surface area (Å²) in [5, 5.41) is -0.0442. The number of halogens is 1. The molecule has 0 nitrogen and oxygen atoms in total. The minimum Gasteiger partial charge on any atom is -0.113 e. The van der Waals surface area contributed by atoms with E-state index in [1.807, 2.05) is 0 Å². The highest BCUT2D eigenvalue weighted by molar-refractivity contribution is 6.22. The maximum absolute atomic E-state index is 6.70. The Hall–Kier alpha value is -1.27. The van der Waals surface area contributed by atoms with Crippen LogP contribution in [0.1, 0.15) is 41.5 Å². The van der Waals surface area contributed by atoms with Gasteiger partial charge in [0.15, 0.2) is 0 Å². The summed E-state index contributed by atoms with van der Waals surface area (Å²) in [6.07, 6.45) is 2.04. The molecule has 0 fully saturated rings. The Labute approximate surface area is 115 Å². The minimum atomic E-state index is -0.0442. The van der Waals surface area contributed by atoms with E-state index >= 15 is 0 Å². The predicted molar refractivity (Wildman–Crippen MR) is 79.3 cm³/mol. The standard InChI is InChI=1S/C17H19Cl/c1-3-13-9-5-7-11-15(13)17(18)16-12-8-6-10-14(16)4-2/h5-12,17H,3-4H2,1-2H3. The predicted octanol–water partition coefficient (Wildman–Crippen LogP) is 5.14. The molecule has 0 N–H and O–H groups in total. The third kappa shape index (κ3) is 2.59. The number of hydrogen-bond donors (Lipinski definition) is 0. The van der Waals surface area contributed by atoms with Crippen molar-refractivity contribution in [2.24, 2.45) is 0 Å². The Balaban J connectivity index is 2.44. The lowest BCUT2D eigenvalue weighted by Crippen LogP contribution is -2.01. The van der Waals surface area contributed by atoms with Gasteiger partial charge in [-0.3, -0.25) is 0 Å². The molecule has 2 rings (SSSR count). The van der Waals surface area contributed by atoms with Crippen LogP contribution >= 0.6 is 11.6 Å². The molecule has 0 unspecified atom stereocenters. The van der Waals surface area contributed by atoms with Gasteiger partial charge in [-0.25, -0.2) is 0 Å². The van der Waals surface area contributed by atoms with Crippen molar-refractivity contribution >= 4 is 11.6 Å². The van der Waals surface area contributed by atoms with Crippen LogP contribution in [-0.2, 0) is 12.8 Å². The van der Waals surface area contributed by atoms with Gasteiger partial charge in [-0.05, 0) is 35.1 Å². The van der Waals surface area contributed by atoms with Crippen LogP contribution in [-0.4, -0.2) is 0 Å². The van der Waals surface area contributed by atoms with Crippen molar-refractivity contribution in [3.05, 3.63) is 70.8 Å². The lowest BCUT2D eigenvalue weighted by atomic mass is 9.94. The van der Waals surface area contributed by atoms with Gasteiger partial charge in [-0.15, -0.1) is 11.6 Å². The molecule has 0 aromatic heterocycles. The minimum absolute atomic E-state index is 0.0442. The molecule has 0 aliphatic carbocycles. The van der Waals surface area contributed by atoms with Crippen LogP contribution in [0.3, 0.4) is 0 Å². The van der Waals surface area contributed by atoms with Crippen molar-refractivity contribution in [1.82, 2.24) is 0 Å². The summed E-state index contributed by atoms with van der Waals surface area (Å²) in [7, 11) is 0. The van der Waals surface area contributed by atoms with Crippen molar-refractivity contribution < 1.29 is 0 Å². The Morgan fingerprint density at radius 3 is 1.56 bits per heavy atom. The SMILES string of the molecule is CCc1ccccc1C(Cl)c1ccccc1CC. The maximum atomic E-state index is 6.70. The summed E-state index contributed by atoms with van der Waals surface area (Å²) in [4.78, 5) is 0. The van der Waals surface area contributed by atoms with Gasteiger partial charge in [-0.1, -0.05) is 62.4 Å². The summed E-state index contributed by atoms with van der Waals surface area (Å²) in [6, 6.07) is 16.9. The highest BCUT2D eigenvalue weighted by atomic mass is 35.5. The summed E-state index contributed by atoms with van der Waals surface area (Å²) >= 11 is 6.70. The molecule has 0 atom stereocenters. The Kier molecular flexibility index (Phi) is 4.43. The van der Waals surface area contributed by atoms with Crippen molar-refractivity contribution in [1.29, 1.82) is 0 Å². The first-order chi connectivity index (χ1) is 8.77. The fourth-order valence-corrected chi connectivity index (χ4v) is 2.80. The van der Waals surface area contributed by atoms with Gasteiger partial charge in [0.25, 0.3) is 0 Å². The quantitative estimate of drug-likeness (QED) is 0.666. The van der Waals surface area contributed by atoms with E-state index in [9.17, 15) is 0 Å². The van der Waals surface area contributed by atoms with Gasteiger partial charge in [0.05, 0.1) is 5.38 Å². The molecule has 0 spiro atoms. The number of benzene rings is 2. The average molecular weight is 259 g/mol. The molecule has 0 saturated carbocycles. The van der Waals surface area contributed by atoms with Gasteiger partial charge in [0.2, 0.25) is 0 Å². The molecule has 0 heterocycles. The molecule has 0 bridgehead atoms. The molecule has 0 saturated heterocycles. The summed E-state index contributed by atoms with van der Waals surface area (Å²) < 4.78 is 0. The van der Waals surface area contributed by atoms with E-state index < -0.39 is 0 Å². The van der Waals surface area contributed by atoms with Crippen molar-refractivity contribution in [2.75, 3.05) is 0 Å².